The standard InChI is InChI=1S/C10H10BrNO/c11-8-5-4-7-2-1-3-10(12-13)9(7)6-8/h4-6,13H,1-3H2/b12-10+. The molecule has 1 aliphatic rings. The predicted molar refractivity (Wildman–Crippen MR) is 55.4 cm³/mol. The fourth-order valence-corrected chi connectivity index (χ4v) is 2.08. The van der Waals surface area contributed by atoms with Crippen molar-refractivity contribution in [1.82, 2.24) is 0 Å². The van der Waals surface area contributed by atoms with Gasteiger partial charge < -0.3 is 5.21 Å². The third-order valence-corrected chi connectivity index (χ3v) is 2.86. The smallest absolute Gasteiger partial charge is 0.0871 e. The van der Waals surface area contributed by atoms with E-state index in [2.05, 4.69) is 27.2 Å². The molecule has 0 bridgehead atoms. The monoisotopic (exact) mass is 239 g/mol. The van der Waals surface area contributed by atoms with E-state index in [1.165, 1.54) is 5.56 Å². The zero-order valence-electron chi connectivity index (χ0n) is 7.13. The number of oxime groups is 1. The van der Waals surface area contributed by atoms with Crippen molar-refractivity contribution >= 4 is 21.6 Å². The molecule has 0 radical (unpaired) electrons. The average molecular weight is 240 g/mol. The fourth-order valence-electron chi connectivity index (χ4n) is 1.72. The third-order valence-electron chi connectivity index (χ3n) is 2.36. The maximum atomic E-state index is 8.80. The topological polar surface area (TPSA) is 32.6 Å². The molecule has 0 heterocycles. The molecule has 0 fully saturated rings. The van der Waals surface area contributed by atoms with Gasteiger partial charge in [0.1, 0.15) is 0 Å². The number of halogens is 1. The molecule has 0 atom stereocenters. The molecule has 0 spiro atoms. The normalized spacial score (nSPS) is 18.7. The number of fused-ring (bicyclic) bond motifs is 1. The lowest BCUT2D eigenvalue weighted by Gasteiger charge is -2.16. The molecule has 3 heteroatoms. The first-order valence-corrected chi connectivity index (χ1v) is 5.10. The first kappa shape index (κ1) is 8.75. The van der Waals surface area contributed by atoms with E-state index in [9.17, 15) is 0 Å². The molecule has 0 aromatic heterocycles. The van der Waals surface area contributed by atoms with Crippen molar-refractivity contribution < 1.29 is 5.21 Å². The van der Waals surface area contributed by atoms with Gasteiger partial charge in [-0.15, -0.1) is 0 Å². The molecule has 1 aromatic carbocycles. The minimum atomic E-state index is 0.808. The van der Waals surface area contributed by atoms with Crippen molar-refractivity contribution in [2.45, 2.75) is 19.3 Å². The van der Waals surface area contributed by atoms with Crippen LogP contribution >= 0.6 is 15.9 Å². The zero-order valence-corrected chi connectivity index (χ0v) is 8.71. The molecule has 13 heavy (non-hydrogen) atoms. The second-order valence-corrected chi connectivity index (χ2v) is 4.12. The summed E-state index contributed by atoms with van der Waals surface area (Å²) in [6, 6.07) is 6.13. The summed E-state index contributed by atoms with van der Waals surface area (Å²) < 4.78 is 1.04. The van der Waals surface area contributed by atoms with Crippen molar-refractivity contribution in [3.63, 3.8) is 0 Å². The van der Waals surface area contributed by atoms with Crippen LogP contribution in [-0.2, 0) is 6.42 Å². The number of rotatable bonds is 0. The van der Waals surface area contributed by atoms with Crippen LogP contribution in [0.5, 0.6) is 0 Å². The average Bonchev–Trinajstić information content (AvgIpc) is 2.17. The molecule has 0 saturated carbocycles. The van der Waals surface area contributed by atoms with Gasteiger partial charge in [-0.25, -0.2) is 0 Å². The SMILES string of the molecule is O/N=C1\CCCc2ccc(Br)cc21. The number of hydrogen-bond donors (Lipinski definition) is 1. The van der Waals surface area contributed by atoms with E-state index in [1.54, 1.807) is 0 Å². The number of nitrogens with zero attached hydrogens (tertiary/aromatic N) is 1. The third kappa shape index (κ3) is 1.61. The van der Waals surface area contributed by atoms with Crippen LogP contribution in [0, 0.1) is 0 Å². The van der Waals surface area contributed by atoms with Gasteiger partial charge in [-0.2, -0.15) is 0 Å². The zero-order chi connectivity index (χ0) is 9.26. The second kappa shape index (κ2) is 3.50. The van der Waals surface area contributed by atoms with E-state index in [-0.39, 0.29) is 0 Å². The second-order valence-electron chi connectivity index (χ2n) is 3.20. The molecule has 0 unspecified atom stereocenters. The lowest BCUT2D eigenvalue weighted by Crippen LogP contribution is -2.11. The summed E-state index contributed by atoms with van der Waals surface area (Å²) in [6.07, 6.45) is 3.04. The van der Waals surface area contributed by atoms with E-state index in [4.69, 9.17) is 5.21 Å². The van der Waals surface area contributed by atoms with Crippen LogP contribution in [0.1, 0.15) is 24.0 Å². The molecule has 1 aliphatic carbocycles. The van der Waals surface area contributed by atoms with Crippen LogP contribution in [0.2, 0.25) is 0 Å². The Morgan fingerprint density at radius 1 is 1.31 bits per heavy atom. The van der Waals surface area contributed by atoms with Crippen LogP contribution in [0.4, 0.5) is 0 Å². The highest BCUT2D eigenvalue weighted by molar-refractivity contribution is 9.10. The molecule has 1 aromatic rings. The first-order chi connectivity index (χ1) is 6.31. The predicted octanol–water partition coefficient (Wildman–Crippen LogP) is 2.96. The summed E-state index contributed by atoms with van der Waals surface area (Å²) in [7, 11) is 0. The van der Waals surface area contributed by atoms with Crippen molar-refractivity contribution in [2.75, 3.05) is 0 Å². The van der Waals surface area contributed by atoms with Gasteiger partial charge in [0.25, 0.3) is 0 Å². The maximum Gasteiger partial charge on any atom is 0.0871 e. The summed E-state index contributed by atoms with van der Waals surface area (Å²) in [4.78, 5) is 0. The molecular weight excluding hydrogens is 230 g/mol. The Bertz CT molecular complexity index is 360. The van der Waals surface area contributed by atoms with Crippen LogP contribution in [0.3, 0.4) is 0 Å². The molecule has 68 valence electrons. The summed E-state index contributed by atoms with van der Waals surface area (Å²) >= 11 is 3.41. The van der Waals surface area contributed by atoms with Gasteiger partial charge in [0, 0.05) is 10.0 Å². The quantitative estimate of drug-likeness (QED) is 0.548. The van der Waals surface area contributed by atoms with E-state index in [0.29, 0.717) is 0 Å². The Morgan fingerprint density at radius 3 is 2.92 bits per heavy atom. The van der Waals surface area contributed by atoms with Gasteiger partial charge in [0.2, 0.25) is 0 Å². The lowest BCUT2D eigenvalue weighted by molar-refractivity contribution is 0.317. The first-order valence-electron chi connectivity index (χ1n) is 4.31. The van der Waals surface area contributed by atoms with Crippen molar-refractivity contribution in [1.29, 1.82) is 0 Å². The lowest BCUT2D eigenvalue weighted by atomic mass is 9.90. The molecule has 0 aliphatic heterocycles. The molecule has 2 nitrogen and oxygen atoms in total. The molecule has 1 N–H and O–H groups in total. The summed E-state index contributed by atoms with van der Waals surface area (Å²) in [5.41, 5.74) is 3.17. The minimum absolute atomic E-state index is 0.808. The van der Waals surface area contributed by atoms with Gasteiger partial charge in [0.05, 0.1) is 5.71 Å². The summed E-state index contributed by atoms with van der Waals surface area (Å²) in [6.45, 7) is 0. The van der Waals surface area contributed by atoms with Crippen molar-refractivity contribution in [3.05, 3.63) is 33.8 Å². The Kier molecular flexibility index (Phi) is 2.36. The van der Waals surface area contributed by atoms with Gasteiger partial charge in [-0.3, -0.25) is 0 Å². The largest absolute Gasteiger partial charge is 0.411 e. The van der Waals surface area contributed by atoms with Crippen molar-refractivity contribution in [2.24, 2.45) is 5.16 Å². The van der Waals surface area contributed by atoms with E-state index >= 15 is 0 Å². The van der Waals surface area contributed by atoms with E-state index < -0.39 is 0 Å². The number of aryl methyl sites for hydroxylation is 1. The van der Waals surface area contributed by atoms with Crippen LogP contribution < -0.4 is 0 Å². The Labute approximate surface area is 85.4 Å². The summed E-state index contributed by atoms with van der Waals surface area (Å²) in [5, 5.41) is 12.1. The Morgan fingerprint density at radius 2 is 2.15 bits per heavy atom. The molecule has 2 rings (SSSR count). The van der Waals surface area contributed by atoms with Gasteiger partial charge >= 0.3 is 0 Å². The molecule has 0 saturated heterocycles. The molecule has 0 amide bonds. The van der Waals surface area contributed by atoms with E-state index in [1.807, 2.05) is 12.1 Å². The van der Waals surface area contributed by atoms with Gasteiger partial charge in [-0.05, 0) is 37.0 Å². The Hall–Kier alpha value is -0.830. The maximum absolute atomic E-state index is 8.80. The number of benzene rings is 1. The highest BCUT2D eigenvalue weighted by Crippen LogP contribution is 2.24. The summed E-state index contributed by atoms with van der Waals surface area (Å²) in [5.74, 6) is 0. The van der Waals surface area contributed by atoms with Crippen LogP contribution in [-0.4, -0.2) is 10.9 Å². The van der Waals surface area contributed by atoms with E-state index in [0.717, 1.165) is 35.0 Å². The van der Waals surface area contributed by atoms with Gasteiger partial charge in [0.15, 0.2) is 0 Å². The fraction of sp³-hybridized carbons (Fsp3) is 0.300. The van der Waals surface area contributed by atoms with Crippen molar-refractivity contribution in [3.8, 4) is 0 Å². The highest BCUT2D eigenvalue weighted by Gasteiger charge is 2.15. The van der Waals surface area contributed by atoms with Crippen LogP contribution in [0.15, 0.2) is 27.8 Å². The number of hydrogen-bond acceptors (Lipinski definition) is 2. The van der Waals surface area contributed by atoms with Gasteiger partial charge in [-0.1, -0.05) is 27.2 Å². The Balaban J connectivity index is 2.54. The van der Waals surface area contributed by atoms with Crippen LogP contribution in [0.25, 0.3) is 0 Å². The molecular formula is C10H10BrNO. The highest BCUT2D eigenvalue weighted by atomic mass is 79.9. The minimum Gasteiger partial charge on any atom is -0.411 e.